The summed E-state index contributed by atoms with van der Waals surface area (Å²) in [7, 11) is -2.84. The number of halogens is 3. The van der Waals surface area contributed by atoms with Gasteiger partial charge < -0.3 is 11.1 Å². The van der Waals surface area contributed by atoms with E-state index in [1.165, 1.54) is 0 Å². The third kappa shape index (κ3) is 6.57. The third-order valence-corrected chi connectivity index (χ3v) is 6.27. The molecule has 0 bridgehead atoms. The van der Waals surface area contributed by atoms with E-state index in [1.807, 2.05) is 13.0 Å². The maximum Gasteiger partial charge on any atom is 0.189 e. The Morgan fingerprint density at radius 1 is 1.38 bits per heavy atom. The van der Waals surface area contributed by atoms with Gasteiger partial charge >= 0.3 is 0 Å². The highest BCUT2D eigenvalue weighted by Crippen LogP contribution is 2.26. The van der Waals surface area contributed by atoms with Crippen LogP contribution in [0.2, 0.25) is 10.0 Å². The van der Waals surface area contributed by atoms with Gasteiger partial charge in [0.2, 0.25) is 0 Å². The van der Waals surface area contributed by atoms with Crippen molar-refractivity contribution in [3.8, 4) is 0 Å². The molecule has 1 aromatic carbocycles. The smallest absolute Gasteiger partial charge is 0.189 e. The molecule has 0 saturated carbocycles. The molecule has 1 aromatic rings. The van der Waals surface area contributed by atoms with Crippen LogP contribution in [0.5, 0.6) is 0 Å². The summed E-state index contributed by atoms with van der Waals surface area (Å²) in [5.74, 6) is 1.10. The zero-order chi connectivity index (χ0) is 17.0. The van der Waals surface area contributed by atoms with Gasteiger partial charge in [-0.15, -0.1) is 24.0 Å². The number of aliphatic imine (C=N–C) groups is 1. The lowest BCUT2D eigenvalue weighted by Gasteiger charge is -2.21. The molecule has 1 saturated heterocycles. The maximum atomic E-state index is 11.4. The molecule has 1 atom stereocenters. The van der Waals surface area contributed by atoms with E-state index in [1.54, 1.807) is 12.1 Å². The largest absolute Gasteiger partial charge is 0.370 e. The molecule has 24 heavy (non-hydrogen) atoms. The van der Waals surface area contributed by atoms with Crippen LogP contribution in [0.15, 0.2) is 23.2 Å². The molecule has 0 aromatic heterocycles. The van der Waals surface area contributed by atoms with Crippen molar-refractivity contribution in [2.24, 2.45) is 16.6 Å². The number of hydrogen-bond acceptors (Lipinski definition) is 3. The summed E-state index contributed by atoms with van der Waals surface area (Å²) >= 11 is 12.1. The molecule has 3 N–H and O–H groups in total. The van der Waals surface area contributed by atoms with Gasteiger partial charge in [-0.2, -0.15) is 0 Å². The van der Waals surface area contributed by atoms with Gasteiger partial charge in [-0.25, -0.2) is 8.42 Å². The second-order valence-corrected chi connectivity index (χ2v) is 9.00. The zero-order valence-electron chi connectivity index (χ0n) is 13.3. The standard InChI is InChI=1S/C15H21Cl2N3O2S.HI/c1-10(13-3-2-12(16)8-14(13)17)20-15(18)19-9-11-4-6-23(21,22)7-5-11;/h2-3,8,10-11H,4-7,9H2,1H3,(H3,18,19,20);1H. The topological polar surface area (TPSA) is 84.5 Å². The van der Waals surface area contributed by atoms with Crippen molar-refractivity contribution >= 4 is 63.0 Å². The lowest BCUT2D eigenvalue weighted by atomic mass is 10.0. The van der Waals surface area contributed by atoms with Gasteiger partial charge in [0.25, 0.3) is 0 Å². The molecule has 2 rings (SSSR count). The number of benzene rings is 1. The Labute approximate surface area is 170 Å². The Morgan fingerprint density at radius 3 is 2.58 bits per heavy atom. The second-order valence-electron chi connectivity index (χ2n) is 5.85. The van der Waals surface area contributed by atoms with Crippen LogP contribution in [0.3, 0.4) is 0 Å². The van der Waals surface area contributed by atoms with E-state index in [0.717, 1.165) is 5.56 Å². The molecule has 1 unspecified atom stereocenters. The van der Waals surface area contributed by atoms with E-state index in [-0.39, 0.29) is 47.4 Å². The summed E-state index contributed by atoms with van der Waals surface area (Å²) in [5, 5.41) is 4.25. The highest BCUT2D eigenvalue weighted by atomic mass is 127. The lowest BCUT2D eigenvalue weighted by Crippen LogP contribution is -2.35. The molecule has 0 aliphatic carbocycles. The van der Waals surface area contributed by atoms with Gasteiger partial charge in [-0.05, 0) is 43.4 Å². The second kappa shape index (κ2) is 9.45. The molecule has 0 spiro atoms. The SMILES string of the molecule is CC(NC(N)=NCC1CCS(=O)(=O)CC1)c1ccc(Cl)cc1Cl.I. The predicted molar refractivity (Wildman–Crippen MR) is 111 cm³/mol. The van der Waals surface area contributed by atoms with E-state index in [4.69, 9.17) is 28.9 Å². The summed E-state index contributed by atoms with van der Waals surface area (Å²) < 4.78 is 22.8. The normalized spacial score (nSPS) is 19.4. The Balaban J connectivity index is 0.00000288. The molecule has 1 fully saturated rings. The molecule has 0 radical (unpaired) electrons. The average Bonchev–Trinajstić information content (AvgIpc) is 2.46. The van der Waals surface area contributed by atoms with E-state index in [0.29, 0.717) is 35.4 Å². The van der Waals surface area contributed by atoms with Crippen molar-refractivity contribution in [1.82, 2.24) is 5.32 Å². The minimum atomic E-state index is -2.84. The fourth-order valence-electron chi connectivity index (χ4n) is 2.55. The van der Waals surface area contributed by atoms with Gasteiger partial charge in [0, 0.05) is 16.6 Å². The molecule has 0 amide bonds. The quantitative estimate of drug-likeness (QED) is 0.373. The van der Waals surface area contributed by atoms with Crippen LogP contribution in [0, 0.1) is 5.92 Å². The van der Waals surface area contributed by atoms with Crippen molar-refractivity contribution in [2.45, 2.75) is 25.8 Å². The van der Waals surface area contributed by atoms with Crippen molar-refractivity contribution in [3.63, 3.8) is 0 Å². The van der Waals surface area contributed by atoms with Crippen LogP contribution in [0.25, 0.3) is 0 Å². The number of hydrogen-bond donors (Lipinski definition) is 2. The van der Waals surface area contributed by atoms with Gasteiger partial charge in [-0.1, -0.05) is 29.3 Å². The van der Waals surface area contributed by atoms with E-state index >= 15 is 0 Å². The molecule has 1 aliphatic heterocycles. The summed E-state index contributed by atoms with van der Waals surface area (Å²) in [6, 6.07) is 5.21. The van der Waals surface area contributed by atoms with E-state index < -0.39 is 9.84 Å². The number of guanidine groups is 1. The summed E-state index contributed by atoms with van der Waals surface area (Å²) in [4.78, 5) is 4.33. The first-order valence-corrected chi connectivity index (χ1v) is 10.1. The number of nitrogens with one attached hydrogen (secondary N) is 1. The van der Waals surface area contributed by atoms with Crippen molar-refractivity contribution < 1.29 is 8.42 Å². The predicted octanol–water partition coefficient (Wildman–Crippen LogP) is 3.40. The molecule has 136 valence electrons. The third-order valence-electron chi connectivity index (χ3n) is 3.99. The van der Waals surface area contributed by atoms with Gasteiger partial charge in [0.1, 0.15) is 9.84 Å². The van der Waals surface area contributed by atoms with Crippen molar-refractivity contribution in [2.75, 3.05) is 18.1 Å². The zero-order valence-corrected chi connectivity index (χ0v) is 18.0. The molecular weight excluding hydrogens is 484 g/mol. The molecule has 1 heterocycles. The number of nitrogens with zero attached hydrogens (tertiary/aromatic N) is 1. The van der Waals surface area contributed by atoms with Gasteiger partial charge in [0.05, 0.1) is 17.5 Å². The van der Waals surface area contributed by atoms with E-state index in [9.17, 15) is 8.42 Å². The van der Waals surface area contributed by atoms with Crippen LogP contribution >= 0.6 is 47.2 Å². The maximum absolute atomic E-state index is 11.4. The Hall–Kier alpha value is -0.250. The first-order valence-electron chi connectivity index (χ1n) is 7.48. The van der Waals surface area contributed by atoms with Gasteiger partial charge in [0.15, 0.2) is 5.96 Å². The Bertz CT molecular complexity index is 684. The highest BCUT2D eigenvalue weighted by molar-refractivity contribution is 14.0. The first-order chi connectivity index (χ1) is 10.8. The number of rotatable bonds is 4. The van der Waals surface area contributed by atoms with Crippen LogP contribution in [-0.2, 0) is 9.84 Å². The van der Waals surface area contributed by atoms with Crippen molar-refractivity contribution in [1.29, 1.82) is 0 Å². The van der Waals surface area contributed by atoms with Crippen LogP contribution < -0.4 is 11.1 Å². The summed E-state index contributed by atoms with van der Waals surface area (Å²) in [5.41, 5.74) is 6.80. The van der Waals surface area contributed by atoms with Crippen molar-refractivity contribution in [3.05, 3.63) is 33.8 Å². The fraction of sp³-hybridized carbons (Fsp3) is 0.533. The Morgan fingerprint density at radius 2 is 2.00 bits per heavy atom. The number of sulfone groups is 1. The molecule has 1 aliphatic rings. The molecule has 9 heteroatoms. The van der Waals surface area contributed by atoms with Crippen LogP contribution in [0.1, 0.15) is 31.4 Å². The summed E-state index contributed by atoms with van der Waals surface area (Å²) in [6.45, 7) is 2.47. The first kappa shape index (κ1) is 21.8. The molecule has 5 nitrogen and oxygen atoms in total. The fourth-order valence-corrected chi connectivity index (χ4v) is 4.71. The van der Waals surface area contributed by atoms with Gasteiger partial charge in [-0.3, -0.25) is 4.99 Å². The average molecular weight is 506 g/mol. The van der Waals surface area contributed by atoms with Crippen LogP contribution in [-0.4, -0.2) is 32.4 Å². The minimum absolute atomic E-state index is 0. The summed E-state index contributed by atoms with van der Waals surface area (Å²) in [6.07, 6.45) is 1.30. The monoisotopic (exact) mass is 505 g/mol. The lowest BCUT2D eigenvalue weighted by molar-refractivity contribution is 0.474. The minimum Gasteiger partial charge on any atom is -0.370 e. The Kier molecular flexibility index (Phi) is 8.58. The molecular formula is C15H22Cl2IN3O2S. The highest BCUT2D eigenvalue weighted by Gasteiger charge is 2.23. The number of nitrogens with two attached hydrogens (primary N) is 1. The van der Waals surface area contributed by atoms with Crippen LogP contribution in [0.4, 0.5) is 0 Å². The van der Waals surface area contributed by atoms with E-state index in [2.05, 4.69) is 10.3 Å².